The maximum Gasteiger partial charge on any atom is 0.220 e. The molecule has 1 aliphatic rings. The van der Waals surface area contributed by atoms with Gasteiger partial charge in [-0.2, -0.15) is 0 Å². The number of hydrogen-bond acceptors (Lipinski definition) is 4. The molecule has 1 N–H and O–H groups in total. The molecule has 122 valence electrons. The van der Waals surface area contributed by atoms with Crippen molar-refractivity contribution >= 4 is 15.7 Å². The zero-order valence-corrected chi connectivity index (χ0v) is 14.1. The molecule has 0 unspecified atom stereocenters. The first-order chi connectivity index (χ1) is 10.3. The number of carbonyl (C=O) groups excluding carboxylic acids is 1. The van der Waals surface area contributed by atoms with Gasteiger partial charge in [-0.05, 0) is 32.3 Å². The Morgan fingerprint density at radius 1 is 1.45 bits per heavy atom. The smallest absolute Gasteiger partial charge is 0.220 e. The van der Waals surface area contributed by atoms with Crippen LogP contribution >= 0.6 is 0 Å². The highest BCUT2D eigenvalue weighted by atomic mass is 32.2. The number of nitrogens with one attached hydrogen (secondary N) is 1. The van der Waals surface area contributed by atoms with Gasteiger partial charge in [0.25, 0.3) is 0 Å². The van der Waals surface area contributed by atoms with Gasteiger partial charge in [0.1, 0.15) is 5.75 Å². The van der Waals surface area contributed by atoms with E-state index in [-0.39, 0.29) is 35.8 Å². The van der Waals surface area contributed by atoms with Crippen molar-refractivity contribution in [1.82, 2.24) is 5.32 Å². The number of carbonyl (C=O) groups is 1. The van der Waals surface area contributed by atoms with E-state index in [1.54, 1.807) is 7.11 Å². The van der Waals surface area contributed by atoms with Crippen molar-refractivity contribution in [3.8, 4) is 5.75 Å². The third kappa shape index (κ3) is 4.22. The molecule has 22 heavy (non-hydrogen) atoms. The number of ether oxygens (including phenoxy) is 1. The highest BCUT2D eigenvalue weighted by Crippen LogP contribution is 2.27. The average molecular weight is 325 g/mol. The third-order valence-corrected chi connectivity index (χ3v) is 5.87. The maximum absolute atomic E-state index is 12.1. The van der Waals surface area contributed by atoms with Gasteiger partial charge in [0.2, 0.25) is 5.91 Å². The van der Waals surface area contributed by atoms with Crippen LogP contribution < -0.4 is 10.1 Å². The van der Waals surface area contributed by atoms with E-state index in [0.717, 1.165) is 16.9 Å². The molecule has 1 fully saturated rings. The molecule has 2 atom stereocenters. The number of sulfone groups is 1. The molecule has 1 aliphatic heterocycles. The van der Waals surface area contributed by atoms with Gasteiger partial charge in [-0.3, -0.25) is 4.79 Å². The van der Waals surface area contributed by atoms with Crippen molar-refractivity contribution in [2.45, 2.75) is 32.7 Å². The predicted molar refractivity (Wildman–Crippen MR) is 85.7 cm³/mol. The van der Waals surface area contributed by atoms with Gasteiger partial charge < -0.3 is 10.1 Å². The molecule has 1 amide bonds. The molecular formula is C16H23NO4S. The number of aryl methyl sites for hydroxylation is 1. The van der Waals surface area contributed by atoms with Crippen molar-refractivity contribution in [3.05, 3.63) is 29.3 Å². The molecule has 2 rings (SSSR count). The topological polar surface area (TPSA) is 72.5 Å². The molecular weight excluding hydrogens is 302 g/mol. The lowest BCUT2D eigenvalue weighted by molar-refractivity contribution is -0.122. The number of rotatable bonds is 5. The first-order valence-corrected chi connectivity index (χ1v) is 9.27. The Kier molecular flexibility index (Phi) is 5.11. The number of amides is 1. The van der Waals surface area contributed by atoms with E-state index in [1.807, 2.05) is 32.0 Å². The second-order valence-corrected chi connectivity index (χ2v) is 8.24. The van der Waals surface area contributed by atoms with Crippen LogP contribution in [0.4, 0.5) is 0 Å². The summed E-state index contributed by atoms with van der Waals surface area (Å²) in [5, 5.41) is 2.94. The molecule has 1 aromatic carbocycles. The predicted octanol–water partition coefficient (Wildman–Crippen LogP) is 2.01. The van der Waals surface area contributed by atoms with Gasteiger partial charge in [0.05, 0.1) is 24.7 Å². The van der Waals surface area contributed by atoms with Crippen molar-refractivity contribution in [2.75, 3.05) is 18.6 Å². The largest absolute Gasteiger partial charge is 0.496 e. The fourth-order valence-electron chi connectivity index (χ4n) is 2.87. The van der Waals surface area contributed by atoms with E-state index in [9.17, 15) is 13.2 Å². The summed E-state index contributed by atoms with van der Waals surface area (Å²) >= 11 is 0. The number of hydrogen-bond donors (Lipinski definition) is 1. The minimum absolute atomic E-state index is 0.0587. The van der Waals surface area contributed by atoms with Crippen molar-refractivity contribution in [2.24, 2.45) is 5.92 Å². The quantitative estimate of drug-likeness (QED) is 0.899. The Labute approximate surface area is 132 Å². The summed E-state index contributed by atoms with van der Waals surface area (Å²) in [7, 11) is -1.33. The molecule has 0 bridgehead atoms. The molecule has 0 aliphatic carbocycles. The first-order valence-electron chi connectivity index (χ1n) is 7.45. The standard InChI is InChI=1S/C16H23NO4S/c1-11-4-5-15(21-3)14(8-11)12(2)17-16(18)9-13-6-7-22(19,20)10-13/h4-5,8,12-13H,6-7,9-10H2,1-3H3,(H,17,18)/t12-,13-/m1/s1. The number of methoxy groups -OCH3 is 1. The van der Waals surface area contributed by atoms with Crippen molar-refractivity contribution < 1.29 is 17.9 Å². The number of benzene rings is 1. The Morgan fingerprint density at radius 2 is 2.18 bits per heavy atom. The molecule has 1 heterocycles. The van der Waals surface area contributed by atoms with Crippen LogP contribution in [-0.2, 0) is 14.6 Å². The van der Waals surface area contributed by atoms with Crippen LogP contribution in [0.15, 0.2) is 18.2 Å². The van der Waals surface area contributed by atoms with Crippen LogP contribution in [0.2, 0.25) is 0 Å². The summed E-state index contributed by atoms with van der Waals surface area (Å²) in [6.07, 6.45) is 0.843. The lowest BCUT2D eigenvalue weighted by Crippen LogP contribution is -2.29. The van der Waals surface area contributed by atoms with Crippen LogP contribution in [-0.4, -0.2) is 32.9 Å². The Bertz CT molecular complexity index is 654. The third-order valence-electron chi connectivity index (χ3n) is 4.03. The second kappa shape index (κ2) is 6.69. The van der Waals surface area contributed by atoms with E-state index >= 15 is 0 Å². The SMILES string of the molecule is COc1ccc(C)cc1[C@@H](C)NC(=O)C[C@H]1CCS(=O)(=O)C1. The molecule has 5 nitrogen and oxygen atoms in total. The summed E-state index contributed by atoms with van der Waals surface area (Å²) in [6, 6.07) is 5.65. The van der Waals surface area contributed by atoms with E-state index in [2.05, 4.69) is 5.32 Å². The van der Waals surface area contributed by atoms with E-state index in [0.29, 0.717) is 6.42 Å². The Morgan fingerprint density at radius 3 is 2.77 bits per heavy atom. The molecule has 0 saturated carbocycles. The van der Waals surface area contributed by atoms with Gasteiger partial charge in [0.15, 0.2) is 9.84 Å². The molecule has 1 saturated heterocycles. The van der Waals surface area contributed by atoms with Gasteiger partial charge >= 0.3 is 0 Å². The summed E-state index contributed by atoms with van der Waals surface area (Å²) < 4.78 is 28.2. The Hall–Kier alpha value is -1.56. The van der Waals surface area contributed by atoms with Gasteiger partial charge in [-0.15, -0.1) is 0 Å². The molecule has 0 radical (unpaired) electrons. The van der Waals surface area contributed by atoms with Gasteiger partial charge in [0, 0.05) is 12.0 Å². The molecule has 0 spiro atoms. The van der Waals surface area contributed by atoms with Crippen LogP contribution in [0.25, 0.3) is 0 Å². The Balaban J connectivity index is 1.98. The highest BCUT2D eigenvalue weighted by Gasteiger charge is 2.29. The monoisotopic (exact) mass is 325 g/mol. The maximum atomic E-state index is 12.1. The van der Waals surface area contributed by atoms with Gasteiger partial charge in [-0.25, -0.2) is 8.42 Å². The van der Waals surface area contributed by atoms with Crippen LogP contribution in [0, 0.1) is 12.8 Å². The minimum atomic E-state index is -2.94. The summed E-state index contributed by atoms with van der Waals surface area (Å²) in [6.45, 7) is 3.89. The van der Waals surface area contributed by atoms with Crippen molar-refractivity contribution in [3.63, 3.8) is 0 Å². The second-order valence-electron chi connectivity index (χ2n) is 6.01. The van der Waals surface area contributed by atoms with Gasteiger partial charge in [-0.1, -0.05) is 17.7 Å². The summed E-state index contributed by atoms with van der Waals surface area (Å²) in [4.78, 5) is 12.1. The summed E-state index contributed by atoms with van der Waals surface area (Å²) in [5.74, 6) is 0.894. The highest BCUT2D eigenvalue weighted by molar-refractivity contribution is 7.91. The lowest BCUT2D eigenvalue weighted by atomic mass is 10.0. The average Bonchev–Trinajstić information content (AvgIpc) is 2.77. The van der Waals surface area contributed by atoms with E-state index in [1.165, 1.54) is 0 Å². The minimum Gasteiger partial charge on any atom is -0.496 e. The first kappa shape index (κ1) is 16.8. The van der Waals surface area contributed by atoms with Crippen LogP contribution in [0.5, 0.6) is 5.75 Å². The van der Waals surface area contributed by atoms with Crippen LogP contribution in [0.1, 0.15) is 36.9 Å². The van der Waals surface area contributed by atoms with Crippen LogP contribution in [0.3, 0.4) is 0 Å². The zero-order valence-electron chi connectivity index (χ0n) is 13.3. The normalized spacial score (nSPS) is 21.3. The molecule has 1 aromatic rings. The molecule has 6 heteroatoms. The van der Waals surface area contributed by atoms with Crippen molar-refractivity contribution in [1.29, 1.82) is 0 Å². The van der Waals surface area contributed by atoms with E-state index in [4.69, 9.17) is 4.74 Å². The fourth-order valence-corrected chi connectivity index (χ4v) is 4.73. The molecule has 0 aromatic heterocycles. The zero-order chi connectivity index (χ0) is 16.3. The lowest BCUT2D eigenvalue weighted by Gasteiger charge is -2.19. The summed E-state index contributed by atoms with van der Waals surface area (Å²) in [5.41, 5.74) is 2.02. The fraction of sp³-hybridized carbons (Fsp3) is 0.562. The van der Waals surface area contributed by atoms with E-state index < -0.39 is 9.84 Å².